The molecule has 0 unspecified atom stereocenters. The predicted octanol–water partition coefficient (Wildman–Crippen LogP) is 3.96. The number of aliphatic hydroxyl groups is 1. The minimum absolute atomic E-state index is 0.293. The van der Waals surface area contributed by atoms with Crippen LogP contribution in [0.1, 0.15) is 21.8 Å². The van der Waals surface area contributed by atoms with E-state index in [0.717, 1.165) is 10.0 Å². The zero-order chi connectivity index (χ0) is 14.5. The normalized spacial score (nSPS) is 13.5. The van der Waals surface area contributed by atoms with Gasteiger partial charge in [0.15, 0.2) is 5.78 Å². The highest BCUT2D eigenvalue weighted by Gasteiger charge is 2.25. The molecule has 102 valence electrons. The van der Waals surface area contributed by atoms with E-state index in [1.54, 1.807) is 30.3 Å². The second-order valence-electron chi connectivity index (χ2n) is 4.49. The molecule has 0 aliphatic heterocycles. The Morgan fingerprint density at radius 2 is 1.70 bits per heavy atom. The van der Waals surface area contributed by atoms with Gasteiger partial charge in [-0.3, -0.25) is 4.79 Å². The molecule has 0 saturated heterocycles. The van der Waals surface area contributed by atoms with Crippen LogP contribution >= 0.6 is 15.9 Å². The third kappa shape index (κ3) is 3.24. The van der Waals surface area contributed by atoms with E-state index >= 15 is 0 Å². The summed E-state index contributed by atoms with van der Waals surface area (Å²) in [5, 5.41) is 10.3. The maximum Gasteiger partial charge on any atom is 0.192 e. The highest BCUT2D eigenvalue weighted by atomic mass is 79.9. The first-order chi connectivity index (χ1) is 9.63. The molecule has 0 amide bonds. The summed E-state index contributed by atoms with van der Waals surface area (Å²) in [4.78, 5) is 12.3. The Morgan fingerprint density at radius 3 is 2.25 bits per heavy atom. The predicted molar refractivity (Wildman–Crippen MR) is 83.9 cm³/mol. The SMILES string of the molecule is C=C[C@H](c1ccc(Br)cc1)[C@H](O)C(=O)c1ccccc1. The Bertz CT molecular complexity index is 590. The van der Waals surface area contributed by atoms with Gasteiger partial charge in [0, 0.05) is 16.0 Å². The van der Waals surface area contributed by atoms with Crippen LogP contribution in [0.15, 0.2) is 71.7 Å². The Balaban J connectivity index is 2.25. The van der Waals surface area contributed by atoms with Crippen LogP contribution in [-0.4, -0.2) is 17.0 Å². The van der Waals surface area contributed by atoms with Gasteiger partial charge in [-0.1, -0.05) is 64.5 Å². The highest BCUT2D eigenvalue weighted by molar-refractivity contribution is 9.10. The van der Waals surface area contributed by atoms with Gasteiger partial charge in [0.25, 0.3) is 0 Å². The van der Waals surface area contributed by atoms with Crippen LogP contribution in [-0.2, 0) is 0 Å². The number of hydrogen-bond donors (Lipinski definition) is 1. The van der Waals surface area contributed by atoms with Gasteiger partial charge in [-0.05, 0) is 17.7 Å². The second kappa shape index (κ2) is 6.64. The second-order valence-corrected chi connectivity index (χ2v) is 5.40. The number of rotatable bonds is 5. The summed E-state index contributed by atoms with van der Waals surface area (Å²) in [7, 11) is 0. The molecule has 2 rings (SSSR count). The monoisotopic (exact) mass is 330 g/mol. The van der Waals surface area contributed by atoms with E-state index in [1.165, 1.54) is 0 Å². The van der Waals surface area contributed by atoms with Gasteiger partial charge >= 0.3 is 0 Å². The van der Waals surface area contributed by atoms with Gasteiger partial charge in [-0.2, -0.15) is 0 Å². The minimum Gasteiger partial charge on any atom is -0.384 e. The largest absolute Gasteiger partial charge is 0.384 e. The molecule has 0 radical (unpaired) electrons. The maximum atomic E-state index is 12.3. The average molecular weight is 331 g/mol. The molecule has 3 heteroatoms. The van der Waals surface area contributed by atoms with Crippen molar-refractivity contribution in [1.82, 2.24) is 0 Å². The number of Topliss-reactive ketones (excluding diaryl/α,β-unsaturated/α-hetero) is 1. The number of carbonyl (C=O) groups is 1. The first-order valence-corrected chi connectivity index (χ1v) is 7.08. The van der Waals surface area contributed by atoms with E-state index in [9.17, 15) is 9.90 Å². The summed E-state index contributed by atoms with van der Waals surface area (Å²) < 4.78 is 0.952. The molecule has 0 aliphatic rings. The van der Waals surface area contributed by atoms with Gasteiger partial charge in [-0.25, -0.2) is 0 Å². The van der Waals surface area contributed by atoms with E-state index in [-0.39, 0.29) is 5.78 Å². The Labute approximate surface area is 126 Å². The molecule has 0 aromatic heterocycles. The van der Waals surface area contributed by atoms with Crippen LogP contribution in [0.4, 0.5) is 0 Å². The lowest BCUT2D eigenvalue weighted by Gasteiger charge is -2.19. The lowest BCUT2D eigenvalue weighted by Crippen LogP contribution is -2.27. The number of hydrogen-bond acceptors (Lipinski definition) is 2. The van der Waals surface area contributed by atoms with Crippen molar-refractivity contribution in [3.8, 4) is 0 Å². The van der Waals surface area contributed by atoms with Crippen molar-refractivity contribution < 1.29 is 9.90 Å². The summed E-state index contributed by atoms with van der Waals surface area (Å²) in [6, 6.07) is 16.3. The van der Waals surface area contributed by atoms with Crippen LogP contribution in [0, 0.1) is 0 Å². The van der Waals surface area contributed by atoms with E-state index < -0.39 is 12.0 Å². The van der Waals surface area contributed by atoms with Gasteiger partial charge in [0.1, 0.15) is 6.10 Å². The van der Waals surface area contributed by atoms with Crippen molar-refractivity contribution >= 4 is 21.7 Å². The first-order valence-electron chi connectivity index (χ1n) is 6.29. The molecule has 0 aliphatic carbocycles. The molecule has 20 heavy (non-hydrogen) atoms. The number of carbonyl (C=O) groups excluding carboxylic acids is 1. The third-order valence-electron chi connectivity index (χ3n) is 3.18. The van der Waals surface area contributed by atoms with Crippen molar-refractivity contribution in [3.63, 3.8) is 0 Å². The lowest BCUT2D eigenvalue weighted by atomic mass is 9.89. The third-order valence-corrected chi connectivity index (χ3v) is 3.70. The fourth-order valence-electron chi connectivity index (χ4n) is 2.07. The van der Waals surface area contributed by atoms with E-state index in [2.05, 4.69) is 22.5 Å². The molecule has 0 fully saturated rings. The van der Waals surface area contributed by atoms with Crippen molar-refractivity contribution in [2.24, 2.45) is 0 Å². The standard InChI is InChI=1S/C17H15BrO2/c1-2-15(12-8-10-14(18)11-9-12)17(20)16(19)13-6-4-3-5-7-13/h2-11,15,17,20H,1H2/t15-,17+/m1/s1. The quantitative estimate of drug-likeness (QED) is 0.665. The highest BCUT2D eigenvalue weighted by Crippen LogP contribution is 2.25. The van der Waals surface area contributed by atoms with Crippen molar-refractivity contribution in [2.75, 3.05) is 0 Å². The van der Waals surface area contributed by atoms with Crippen molar-refractivity contribution in [3.05, 3.63) is 82.9 Å². The van der Waals surface area contributed by atoms with E-state index in [4.69, 9.17) is 0 Å². The summed E-state index contributed by atoms with van der Waals surface area (Å²) >= 11 is 3.36. The van der Waals surface area contributed by atoms with Gasteiger partial charge in [0.05, 0.1) is 0 Å². The van der Waals surface area contributed by atoms with Crippen LogP contribution in [0.5, 0.6) is 0 Å². The average Bonchev–Trinajstić information content (AvgIpc) is 2.50. The number of aliphatic hydroxyl groups excluding tert-OH is 1. The first kappa shape index (κ1) is 14.7. The molecule has 2 atom stereocenters. The smallest absolute Gasteiger partial charge is 0.192 e. The van der Waals surface area contributed by atoms with Crippen molar-refractivity contribution in [1.29, 1.82) is 0 Å². The summed E-state index contributed by atoms with van der Waals surface area (Å²) in [6.45, 7) is 3.73. The van der Waals surface area contributed by atoms with Crippen LogP contribution in [0.3, 0.4) is 0 Å². The molecule has 0 saturated carbocycles. The summed E-state index contributed by atoms with van der Waals surface area (Å²) in [6.07, 6.45) is 0.477. The summed E-state index contributed by atoms with van der Waals surface area (Å²) in [5.41, 5.74) is 1.36. The Morgan fingerprint density at radius 1 is 1.10 bits per heavy atom. The molecule has 0 heterocycles. The van der Waals surface area contributed by atoms with Crippen LogP contribution in [0.25, 0.3) is 0 Å². The number of halogens is 1. The summed E-state index contributed by atoms with van der Waals surface area (Å²) in [5.74, 6) is -0.714. The van der Waals surface area contributed by atoms with Gasteiger partial charge < -0.3 is 5.11 Å². The molecule has 0 spiro atoms. The van der Waals surface area contributed by atoms with E-state index in [0.29, 0.717) is 5.56 Å². The molecular formula is C17H15BrO2. The molecule has 2 aromatic rings. The molecule has 2 nitrogen and oxygen atoms in total. The molecule has 1 N–H and O–H groups in total. The zero-order valence-corrected chi connectivity index (χ0v) is 12.5. The number of benzene rings is 2. The van der Waals surface area contributed by atoms with E-state index in [1.807, 2.05) is 30.3 Å². The van der Waals surface area contributed by atoms with Crippen molar-refractivity contribution in [2.45, 2.75) is 12.0 Å². The molecule has 0 bridgehead atoms. The van der Waals surface area contributed by atoms with Gasteiger partial charge in [-0.15, -0.1) is 6.58 Å². The molecule has 2 aromatic carbocycles. The lowest BCUT2D eigenvalue weighted by molar-refractivity contribution is 0.0720. The minimum atomic E-state index is -1.13. The fourth-order valence-corrected chi connectivity index (χ4v) is 2.33. The van der Waals surface area contributed by atoms with Crippen LogP contribution < -0.4 is 0 Å². The zero-order valence-electron chi connectivity index (χ0n) is 10.9. The molecular weight excluding hydrogens is 316 g/mol. The van der Waals surface area contributed by atoms with Gasteiger partial charge in [0.2, 0.25) is 0 Å². The fraction of sp³-hybridized carbons (Fsp3) is 0.118. The Hall–Kier alpha value is -1.71. The number of ketones is 1. The van der Waals surface area contributed by atoms with Crippen LogP contribution in [0.2, 0.25) is 0 Å². The Kier molecular flexibility index (Phi) is 4.88. The maximum absolute atomic E-state index is 12.3. The topological polar surface area (TPSA) is 37.3 Å².